The predicted octanol–water partition coefficient (Wildman–Crippen LogP) is 2.29. The summed E-state index contributed by atoms with van der Waals surface area (Å²) in [5, 5.41) is 0. The molecule has 0 amide bonds. The Morgan fingerprint density at radius 1 is 1.25 bits per heavy atom. The van der Waals surface area contributed by atoms with Gasteiger partial charge in [0.15, 0.2) is 0 Å². The summed E-state index contributed by atoms with van der Waals surface area (Å²) in [4.78, 5) is 11.0. The van der Waals surface area contributed by atoms with Crippen LogP contribution in [0.4, 0.5) is 5.82 Å². The van der Waals surface area contributed by atoms with E-state index < -0.39 is 10.0 Å². The molecule has 0 aliphatic heterocycles. The number of nitrogens with zero attached hydrogens (tertiary/aromatic N) is 2. The van der Waals surface area contributed by atoms with Gasteiger partial charge >= 0.3 is 0 Å². The van der Waals surface area contributed by atoms with Crippen molar-refractivity contribution in [2.45, 2.75) is 11.4 Å². The van der Waals surface area contributed by atoms with Gasteiger partial charge in [0.25, 0.3) is 0 Å². The number of nitrogen functional groups attached to an aromatic ring is 1. The van der Waals surface area contributed by atoms with Gasteiger partial charge in [0.2, 0.25) is 10.0 Å². The second-order valence-electron chi connectivity index (χ2n) is 5.00. The highest BCUT2D eigenvalue weighted by Gasteiger charge is 2.18. The van der Waals surface area contributed by atoms with Gasteiger partial charge in [-0.1, -0.05) is 18.2 Å². The van der Waals surface area contributed by atoms with Gasteiger partial charge < -0.3 is 10.7 Å². The number of nitrogens with one attached hydrogen (secondary N) is 2. The van der Waals surface area contributed by atoms with Crippen LogP contribution in [0.1, 0.15) is 5.56 Å². The third-order valence-corrected chi connectivity index (χ3v) is 5.17. The molecule has 2 heterocycles. The van der Waals surface area contributed by atoms with E-state index in [1.54, 1.807) is 12.4 Å². The largest absolute Gasteiger partial charge is 0.383 e. The minimum absolute atomic E-state index is 0.0463. The Balaban J connectivity index is 1.80. The summed E-state index contributed by atoms with van der Waals surface area (Å²) in [5.41, 5.74) is 7.34. The minimum Gasteiger partial charge on any atom is -0.383 e. The van der Waals surface area contributed by atoms with E-state index in [9.17, 15) is 8.42 Å². The molecule has 0 aliphatic carbocycles. The van der Waals surface area contributed by atoms with Crippen LogP contribution in [0, 0.1) is 0 Å². The van der Waals surface area contributed by atoms with E-state index >= 15 is 0 Å². The van der Waals surface area contributed by atoms with Crippen LogP contribution in [0.5, 0.6) is 0 Å². The van der Waals surface area contributed by atoms with E-state index in [2.05, 4.69) is 35.6 Å². The summed E-state index contributed by atoms with van der Waals surface area (Å²) in [6.07, 6.45) is 4.84. The van der Waals surface area contributed by atoms with Gasteiger partial charge in [0.05, 0.1) is 0 Å². The summed E-state index contributed by atoms with van der Waals surface area (Å²) < 4.78 is 27.9. The highest BCUT2D eigenvalue weighted by atomic mass is 79.9. The summed E-state index contributed by atoms with van der Waals surface area (Å²) in [5.74, 6) is 0.676. The number of hydrogen-bond donors (Lipinski definition) is 3. The average molecular weight is 408 g/mol. The number of sulfonamides is 1. The first-order valence-corrected chi connectivity index (χ1v) is 9.23. The first-order chi connectivity index (χ1) is 11.5. The number of anilines is 1. The number of imidazole rings is 1. The molecule has 0 aliphatic rings. The SMILES string of the molecule is Nc1ncc(Br)cc1S(=O)(=O)NCc1cccc(-c2ncc[nH]2)c1. The van der Waals surface area contributed by atoms with Crippen molar-refractivity contribution in [3.05, 3.63) is 59.0 Å². The summed E-state index contributed by atoms with van der Waals surface area (Å²) in [6.45, 7) is 0.128. The van der Waals surface area contributed by atoms with E-state index in [4.69, 9.17) is 5.73 Å². The van der Waals surface area contributed by atoms with Crippen LogP contribution in [0.3, 0.4) is 0 Å². The van der Waals surface area contributed by atoms with Gasteiger partial charge in [-0.3, -0.25) is 0 Å². The van der Waals surface area contributed by atoms with E-state index in [1.165, 1.54) is 12.3 Å². The number of H-pyrrole nitrogens is 1. The Kier molecular flexibility index (Phi) is 4.65. The van der Waals surface area contributed by atoms with E-state index in [0.717, 1.165) is 17.0 Å². The minimum atomic E-state index is -3.77. The Morgan fingerprint density at radius 3 is 2.83 bits per heavy atom. The van der Waals surface area contributed by atoms with Gasteiger partial charge in [-0.2, -0.15) is 0 Å². The van der Waals surface area contributed by atoms with Crippen molar-refractivity contribution in [3.63, 3.8) is 0 Å². The van der Waals surface area contributed by atoms with Crippen molar-refractivity contribution in [1.29, 1.82) is 0 Å². The molecule has 0 bridgehead atoms. The molecule has 0 spiro atoms. The number of rotatable bonds is 5. The summed E-state index contributed by atoms with van der Waals surface area (Å²) in [7, 11) is -3.77. The number of hydrogen-bond acceptors (Lipinski definition) is 5. The molecule has 0 unspecified atom stereocenters. The normalized spacial score (nSPS) is 11.5. The molecule has 0 fully saturated rings. The first kappa shape index (κ1) is 16.6. The van der Waals surface area contributed by atoms with Crippen LogP contribution in [0.2, 0.25) is 0 Å². The molecule has 9 heteroatoms. The van der Waals surface area contributed by atoms with Gasteiger partial charge in [0.1, 0.15) is 16.5 Å². The summed E-state index contributed by atoms with van der Waals surface area (Å²) in [6, 6.07) is 8.86. The van der Waals surface area contributed by atoms with Crippen LogP contribution in [-0.2, 0) is 16.6 Å². The number of halogens is 1. The van der Waals surface area contributed by atoms with Crippen molar-refractivity contribution >= 4 is 31.8 Å². The fraction of sp³-hybridized carbons (Fsp3) is 0.0667. The van der Waals surface area contributed by atoms with Gasteiger partial charge in [-0.25, -0.2) is 23.1 Å². The van der Waals surface area contributed by atoms with Crippen molar-refractivity contribution in [3.8, 4) is 11.4 Å². The molecule has 0 saturated carbocycles. The Bertz CT molecular complexity index is 958. The smallest absolute Gasteiger partial charge is 0.244 e. The standard InChI is InChI=1S/C15H14BrN5O2S/c16-12-7-13(14(17)20-9-12)24(22,23)21-8-10-2-1-3-11(6-10)15-18-4-5-19-15/h1-7,9,21H,8H2,(H2,17,20)(H,18,19). The van der Waals surface area contributed by atoms with E-state index in [1.807, 2.05) is 24.3 Å². The van der Waals surface area contributed by atoms with Crippen molar-refractivity contribution in [2.24, 2.45) is 0 Å². The number of aromatic nitrogens is 3. The van der Waals surface area contributed by atoms with Crippen LogP contribution in [-0.4, -0.2) is 23.4 Å². The molecule has 124 valence electrons. The monoisotopic (exact) mass is 407 g/mol. The Hall–Kier alpha value is -2.23. The lowest BCUT2D eigenvalue weighted by atomic mass is 10.1. The molecule has 7 nitrogen and oxygen atoms in total. The molecule has 0 atom stereocenters. The second-order valence-corrected chi connectivity index (χ2v) is 7.65. The molecule has 3 rings (SSSR count). The maximum Gasteiger partial charge on any atom is 0.244 e. The molecular weight excluding hydrogens is 394 g/mol. The third kappa shape index (κ3) is 3.64. The van der Waals surface area contributed by atoms with Crippen LogP contribution < -0.4 is 10.5 Å². The zero-order chi connectivity index (χ0) is 17.2. The molecule has 0 saturated heterocycles. The van der Waals surface area contributed by atoms with E-state index in [0.29, 0.717) is 4.47 Å². The van der Waals surface area contributed by atoms with E-state index in [-0.39, 0.29) is 17.3 Å². The van der Waals surface area contributed by atoms with Crippen LogP contribution in [0.15, 0.2) is 58.3 Å². The fourth-order valence-corrected chi connectivity index (χ4v) is 3.76. The molecule has 24 heavy (non-hydrogen) atoms. The molecular formula is C15H14BrN5O2S. The molecule has 3 aromatic rings. The van der Waals surface area contributed by atoms with Gasteiger partial charge in [-0.05, 0) is 33.6 Å². The molecule has 2 aromatic heterocycles. The topological polar surface area (TPSA) is 114 Å². The molecule has 0 radical (unpaired) electrons. The number of nitrogens with two attached hydrogens (primary N) is 1. The number of aromatic amines is 1. The van der Waals surface area contributed by atoms with Crippen molar-refractivity contribution < 1.29 is 8.42 Å². The zero-order valence-electron chi connectivity index (χ0n) is 12.4. The van der Waals surface area contributed by atoms with Gasteiger partial charge in [-0.15, -0.1) is 0 Å². The maximum absolute atomic E-state index is 12.4. The first-order valence-electron chi connectivity index (χ1n) is 6.95. The lowest BCUT2D eigenvalue weighted by Crippen LogP contribution is -2.24. The Labute approximate surface area is 147 Å². The Morgan fingerprint density at radius 2 is 2.08 bits per heavy atom. The highest BCUT2D eigenvalue weighted by molar-refractivity contribution is 9.10. The fourth-order valence-electron chi connectivity index (χ4n) is 2.15. The second kappa shape index (κ2) is 6.71. The summed E-state index contributed by atoms with van der Waals surface area (Å²) >= 11 is 3.20. The number of benzene rings is 1. The maximum atomic E-state index is 12.4. The molecule has 4 N–H and O–H groups in total. The van der Waals surface area contributed by atoms with Gasteiger partial charge in [0, 0.05) is 35.2 Å². The lowest BCUT2D eigenvalue weighted by Gasteiger charge is -2.09. The highest BCUT2D eigenvalue weighted by Crippen LogP contribution is 2.21. The predicted molar refractivity (Wildman–Crippen MR) is 94.4 cm³/mol. The third-order valence-electron chi connectivity index (χ3n) is 3.30. The quantitative estimate of drug-likeness (QED) is 0.600. The average Bonchev–Trinajstić information content (AvgIpc) is 3.10. The van der Waals surface area contributed by atoms with Crippen molar-refractivity contribution in [1.82, 2.24) is 19.7 Å². The van der Waals surface area contributed by atoms with Crippen molar-refractivity contribution in [2.75, 3.05) is 5.73 Å². The van der Waals surface area contributed by atoms with Crippen LogP contribution in [0.25, 0.3) is 11.4 Å². The number of pyridine rings is 1. The van der Waals surface area contributed by atoms with Crippen LogP contribution >= 0.6 is 15.9 Å². The lowest BCUT2D eigenvalue weighted by molar-refractivity contribution is 0.581. The zero-order valence-corrected chi connectivity index (χ0v) is 14.8. The molecule has 1 aromatic carbocycles.